The molecule has 0 atom stereocenters. The second-order valence-electron chi connectivity index (χ2n) is 6.74. The van der Waals surface area contributed by atoms with E-state index in [-0.39, 0.29) is 5.91 Å². The quantitative estimate of drug-likeness (QED) is 0.924. The summed E-state index contributed by atoms with van der Waals surface area (Å²) < 4.78 is 0. The summed E-state index contributed by atoms with van der Waals surface area (Å²) in [5, 5.41) is 3.03. The molecule has 0 spiro atoms. The molecule has 0 aliphatic carbocycles. The summed E-state index contributed by atoms with van der Waals surface area (Å²) in [5.41, 5.74) is 5.05. The third-order valence-corrected chi connectivity index (χ3v) is 4.96. The number of rotatable bonds is 4. The Hall–Kier alpha value is -2.33. The van der Waals surface area contributed by atoms with Crippen LogP contribution in [0.15, 0.2) is 42.5 Å². The highest BCUT2D eigenvalue weighted by Gasteiger charge is 2.16. The standard InChI is InChI=1S/C21H27N3O/c1-4-23-11-13-24(14-12-23)19-9-10-20(17(3)15-19)22-21(25)18-7-5-16(2)6-8-18/h5-10,15H,4,11-14H2,1-3H3,(H,22,25). The van der Waals surface area contributed by atoms with Crippen LogP contribution in [0.5, 0.6) is 0 Å². The van der Waals surface area contributed by atoms with E-state index in [0.29, 0.717) is 5.56 Å². The van der Waals surface area contributed by atoms with Crippen LogP contribution in [0.25, 0.3) is 0 Å². The summed E-state index contributed by atoms with van der Waals surface area (Å²) in [6, 6.07) is 13.9. The van der Waals surface area contributed by atoms with Gasteiger partial charge in [0.05, 0.1) is 0 Å². The Balaban J connectivity index is 1.68. The second-order valence-corrected chi connectivity index (χ2v) is 6.74. The van der Waals surface area contributed by atoms with Gasteiger partial charge in [-0.05, 0) is 56.3 Å². The van der Waals surface area contributed by atoms with Crippen LogP contribution in [0, 0.1) is 13.8 Å². The Morgan fingerprint density at radius 1 is 1.00 bits per heavy atom. The normalized spacial score (nSPS) is 15.2. The number of amides is 1. The van der Waals surface area contributed by atoms with E-state index in [9.17, 15) is 4.79 Å². The number of benzene rings is 2. The van der Waals surface area contributed by atoms with Gasteiger partial charge in [-0.1, -0.05) is 24.6 Å². The number of hydrogen-bond acceptors (Lipinski definition) is 3. The molecule has 2 aromatic rings. The van der Waals surface area contributed by atoms with Crippen LogP contribution in [0.4, 0.5) is 11.4 Å². The van der Waals surface area contributed by atoms with Gasteiger partial charge in [-0.25, -0.2) is 0 Å². The first-order valence-electron chi connectivity index (χ1n) is 9.03. The van der Waals surface area contributed by atoms with Crippen LogP contribution in [0.2, 0.25) is 0 Å². The van der Waals surface area contributed by atoms with Gasteiger partial charge in [0.2, 0.25) is 0 Å². The van der Waals surface area contributed by atoms with Crippen LogP contribution < -0.4 is 10.2 Å². The van der Waals surface area contributed by atoms with Crippen molar-refractivity contribution >= 4 is 17.3 Å². The minimum atomic E-state index is -0.0626. The number of aryl methyl sites for hydroxylation is 2. The number of hydrogen-bond donors (Lipinski definition) is 1. The van der Waals surface area contributed by atoms with Crippen molar-refractivity contribution in [2.24, 2.45) is 0 Å². The first-order chi connectivity index (χ1) is 12.1. The third-order valence-electron chi connectivity index (χ3n) is 4.96. The number of carbonyl (C=O) groups is 1. The maximum atomic E-state index is 12.4. The highest BCUT2D eigenvalue weighted by atomic mass is 16.1. The fraction of sp³-hybridized carbons (Fsp3) is 0.381. The van der Waals surface area contributed by atoms with Gasteiger partial charge in [0.15, 0.2) is 0 Å². The summed E-state index contributed by atoms with van der Waals surface area (Å²) in [4.78, 5) is 17.3. The first-order valence-corrected chi connectivity index (χ1v) is 9.03. The van der Waals surface area contributed by atoms with Gasteiger partial charge in [-0.15, -0.1) is 0 Å². The van der Waals surface area contributed by atoms with E-state index in [1.54, 1.807) is 0 Å². The number of likely N-dealkylation sites (N-methyl/N-ethyl adjacent to an activating group) is 1. The Morgan fingerprint density at radius 3 is 2.28 bits per heavy atom. The summed E-state index contributed by atoms with van der Waals surface area (Å²) in [7, 11) is 0. The molecule has 0 bridgehead atoms. The molecule has 0 saturated carbocycles. The molecule has 0 aromatic heterocycles. The lowest BCUT2D eigenvalue weighted by atomic mass is 10.1. The fourth-order valence-corrected chi connectivity index (χ4v) is 3.21. The molecule has 25 heavy (non-hydrogen) atoms. The average Bonchev–Trinajstić information content (AvgIpc) is 2.64. The lowest BCUT2D eigenvalue weighted by molar-refractivity contribution is 0.102. The Morgan fingerprint density at radius 2 is 1.68 bits per heavy atom. The second kappa shape index (κ2) is 7.70. The molecule has 4 nitrogen and oxygen atoms in total. The van der Waals surface area contributed by atoms with Crippen LogP contribution in [-0.4, -0.2) is 43.5 Å². The molecule has 1 amide bonds. The topological polar surface area (TPSA) is 35.6 Å². The third kappa shape index (κ3) is 4.20. The minimum Gasteiger partial charge on any atom is -0.369 e. The first kappa shape index (κ1) is 17.5. The molecule has 4 heteroatoms. The van der Waals surface area contributed by atoms with Gasteiger partial charge in [0.1, 0.15) is 0 Å². The minimum absolute atomic E-state index is 0.0626. The Kier molecular flexibility index (Phi) is 5.39. The van der Waals surface area contributed by atoms with Gasteiger partial charge in [0, 0.05) is 43.1 Å². The summed E-state index contributed by atoms with van der Waals surface area (Å²) in [5.74, 6) is -0.0626. The average molecular weight is 337 g/mol. The van der Waals surface area contributed by atoms with Gasteiger partial charge < -0.3 is 15.1 Å². The monoisotopic (exact) mass is 337 g/mol. The maximum Gasteiger partial charge on any atom is 0.255 e. The molecule has 2 aromatic carbocycles. The van der Waals surface area contributed by atoms with E-state index in [1.165, 1.54) is 5.69 Å². The predicted octanol–water partition coefficient (Wildman–Crippen LogP) is 3.70. The molecule has 1 aliphatic heterocycles. The molecule has 132 valence electrons. The van der Waals surface area contributed by atoms with Crippen molar-refractivity contribution in [2.75, 3.05) is 42.9 Å². The molecule has 0 unspecified atom stereocenters. The van der Waals surface area contributed by atoms with Crippen LogP contribution in [-0.2, 0) is 0 Å². The van der Waals surface area contributed by atoms with Crippen molar-refractivity contribution in [2.45, 2.75) is 20.8 Å². The highest BCUT2D eigenvalue weighted by Crippen LogP contribution is 2.24. The lowest BCUT2D eigenvalue weighted by Crippen LogP contribution is -2.46. The van der Waals surface area contributed by atoms with E-state index in [0.717, 1.165) is 49.5 Å². The predicted molar refractivity (Wildman–Crippen MR) is 105 cm³/mol. The molecule has 1 aliphatic rings. The number of carbonyl (C=O) groups excluding carboxylic acids is 1. The van der Waals surface area contributed by atoms with Crippen molar-refractivity contribution in [3.8, 4) is 0 Å². The summed E-state index contributed by atoms with van der Waals surface area (Å²) in [6.45, 7) is 11.7. The van der Waals surface area contributed by atoms with Crippen LogP contribution >= 0.6 is 0 Å². The van der Waals surface area contributed by atoms with Crippen molar-refractivity contribution in [3.05, 3.63) is 59.2 Å². The van der Waals surface area contributed by atoms with E-state index in [2.05, 4.69) is 41.1 Å². The molecule has 1 saturated heterocycles. The number of nitrogens with one attached hydrogen (secondary N) is 1. The Labute approximate surface area is 150 Å². The van der Waals surface area contributed by atoms with Crippen LogP contribution in [0.1, 0.15) is 28.4 Å². The zero-order valence-electron chi connectivity index (χ0n) is 15.4. The lowest BCUT2D eigenvalue weighted by Gasteiger charge is -2.35. The molecule has 1 heterocycles. The molecule has 0 radical (unpaired) electrons. The number of piperazine rings is 1. The fourth-order valence-electron chi connectivity index (χ4n) is 3.21. The molecular weight excluding hydrogens is 310 g/mol. The van der Waals surface area contributed by atoms with Crippen molar-refractivity contribution < 1.29 is 4.79 Å². The molecule has 3 rings (SSSR count). The zero-order chi connectivity index (χ0) is 17.8. The molecular formula is C21H27N3O. The van der Waals surface area contributed by atoms with Crippen LogP contribution in [0.3, 0.4) is 0 Å². The molecule has 1 fully saturated rings. The zero-order valence-corrected chi connectivity index (χ0v) is 15.4. The van der Waals surface area contributed by atoms with E-state index < -0.39 is 0 Å². The van der Waals surface area contributed by atoms with Gasteiger partial charge in [0.25, 0.3) is 5.91 Å². The number of anilines is 2. The van der Waals surface area contributed by atoms with E-state index >= 15 is 0 Å². The summed E-state index contributed by atoms with van der Waals surface area (Å²) >= 11 is 0. The van der Waals surface area contributed by atoms with E-state index in [4.69, 9.17) is 0 Å². The summed E-state index contributed by atoms with van der Waals surface area (Å²) in [6.07, 6.45) is 0. The highest BCUT2D eigenvalue weighted by molar-refractivity contribution is 6.04. The van der Waals surface area contributed by atoms with E-state index in [1.807, 2.05) is 37.3 Å². The van der Waals surface area contributed by atoms with Gasteiger partial charge in [-0.3, -0.25) is 4.79 Å². The largest absolute Gasteiger partial charge is 0.369 e. The smallest absolute Gasteiger partial charge is 0.255 e. The van der Waals surface area contributed by atoms with Gasteiger partial charge >= 0.3 is 0 Å². The number of nitrogens with zero attached hydrogens (tertiary/aromatic N) is 2. The van der Waals surface area contributed by atoms with Crippen molar-refractivity contribution in [3.63, 3.8) is 0 Å². The Bertz CT molecular complexity index is 731. The molecule has 1 N–H and O–H groups in total. The van der Waals surface area contributed by atoms with Crippen molar-refractivity contribution in [1.82, 2.24) is 4.90 Å². The van der Waals surface area contributed by atoms with Crippen molar-refractivity contribution in [1.29, 1.82) is 0 Å². The van der Waals surface area contributed by atoms with Gasteiger partial charge in [-0.2, -0.15) is 0 Å². The maximum absolute atomic E-state index is 12.4. The SMILES string of the molecule is CCN1CCN(c2ccc(NC(=O)c3ccc(C)cc3)c(C)c2)CC1.